The number of phenols is 2. The molecule has 3 rings (SSSR count). The van der Waals surface area contributed by atoms with E-state index in [0.29, 0.717) is 31.6 Å². The molecule has 2 fully saturated rings. The number of aromatic hydroxyl groups is 2. The van der Waals surface area contributed by atoms with Gasteiger partial charge in [-0.05, 0) is 37.6 Å². The van der Waals surface area contributed by atoms with Gasteiger partial charge in [-0.1, -0.05) is 13.0 Å². The number of aliphatic hydroxyl groups is 1. The minimum Gasteiger partial charge on any atom is -0.504 e. The van der Waals surface area contributed by atoms with Crippen molar-refractivity contribution in [1.29, 1.82) is 0 Å². The van der Waals surface area contributed by atoms with Crippen LogP contribution in [-0.2, 0) is 20.8 Å². The summed E-state index contributed by atoms with van der Waals surface area (Å²) in [6.45, 7) is 5.08. The molecule has 2 saturated heterocycles. The lowest BCUT2D eigenvalue weighted by molar-refractivity contribution is -0.147. The fourth-order valence-corrected chi connectivity index (χ4v) is 4.37. The van der Waals surface area contributed by atoms with Crippen LogP contribution in [0.4, 0.5) is 0 Å². The number of nitrogens with zero attached hydrogens (tertiary/aromatic N) is 3. The second kappa shape index (κ2) is 10.3. The van der Waals surface area contributed by atoms with E-state index in [-0.39, 0.29) is 36.2 Å². The molecule has 0 unspecified atom stereocenters. The molecule has 1 aromatic carbocycles. The normalized spacial score (nSPS) is 21.4. The minimum atomic E-state index is -1.32. The molecule has 2 aliphatic rings. The molecule has 0 aromatic heterocycles. The van der Waals surface area contributed by atoms with Gasteiger partial charge in [0.2, 0.25) is 11.8 Å². The Labute approximate surface area is 188 Å². The molecule has 32 heavy (non-hydrogen) atoms. The van der Waals surface area contributed by atoms with Crippen LogP contribution in [0, 0.1) is 5.92 Å². The summed E-state index contributed by atoms with van der Waals surface area (Å²) in [5, 5.41) is 29.2. The Morgan fingerprint density at radius 2 is 1.75 bits per heavy atom. The third-order valence-corrected chi connectivity index (χ3v) is 6.41. The average molecular weight is 448 g/mol. The Morgan fingerprint density at radius 3 is 2.41 bits per heavy atom. The monoisotopic (exact) mass is 447 g/mol. The van der Waals surface area contributed by atoms with Crippen molar-refractivity contribution in [2.24, 2.45) is 5.92 Å². The molecule has 1 aromatic rings. The molecule has 2 aliphatic heterocycles. The summed E-state index contributed by atoms with van der Waals surface area (Å²) in [7, 11) is 2.02. The standard InChI is InChI=1S/C23H33N3O6/c1-15(12-19(28)21(30)14-16-5-6-18(27)20(29)13-16)22(31)26-7-3-4-17(26)23(32)25-10-8-24(2)9-11-25/h5-6,13,15,17,21,27,29-30H,3-4,7-12,14H2,1-2H3/t15-,17+,21-/m1/s1. The van der Waals surface area contributed by atoms with Gasteiger partial charge in [0.05, 0.1) is 0 Å². The molecular weight excluding hydrogens is 414 g/mol. The van der Waals surface area contributed by atoms with Crippen LogP contribution in [0.3, 0.4) is 0 Å². The van der Waals surface area contributed by atoms with Gasteiger partial charge in [0.1, 0.15) is 12.1 Å². The largest absolute Gasteiger partial charge is 0.504 e. The van der Waals surface area contributed by atoms with Crippen LogP contribution < -0.4 is 0 Å². The highest BCUT2D eigenvalue weighted by atomic mass is 16.3. The summed E-state index contributed by atoms with van der Waals surface area (Å²) < 4.78 is 0. The third-order valence-electron chi connectivity index (χ3n) is 6.41. The highest BCUT2D eigenvalue weighted by Gasteiger charge is 2.39. The maximum absolute atomic E-state index is 13.0. The lowest BCUT2D eigenvalue weighted by Gasteiger charge is -2.36. The van der Waals surface area contributed by atoms with Gasteiger partial charge in [-0.3, -0.25) is 14.4 Å². The van der Waals surface area contributed by atoms with Gasteiger partial charge in [0.25, 0.3) is 0 Å². The molecule has 9 heteroatoms. The van der Waals surface area contributed by atoms with Crippen molar-refractivity contribution in [2.75, 3.05) is 39.8 Å². The van der Waals surface area contributed by atoms with Crippen molar-refractivity contribution in [2.45, 2.75) is 44.8 Å². The molecule has 0 spiro atoms. The van der Waals surface area contributed by atoms with Crippen LogP contribution in [0.25, 0.3) is 0 Å². The van der Waals surface area contributed by atoms with Gasteiger partial charge >= 0.3 is 0 Å². The molecule has 0 aliphatic carbocycles. The molecule has 2 amide bonds. The molecule has 3 atom stereocenters. The Kier molecular flexibility index (Phi) is 7.73. The van der Waals surface area contributed by atoms with Crippen LogP contribution in [0.2, 0.25) is 0 Å². The highest BCUT2D eigenvalue weighted by Crippen LogP contribution is 2.26. The number of Topliss-reactive ketones (excluding diaryl/α,β-unsaturated/α-hetero) is 1. The number of piperazine rings is 1. The van der Waals surface area contributed by atoms with Gasteiger partial charge in [-0.25, -0.2) is 0 Å². The molecule has 0 bridgehead atoms. The number of hydrogen-bond donors (Lipinski definition) is 3. The predicted molar refractivity (Wildman–Crippen MR) is 117 cm³/mol. The fourth-order valence-electron chi connectivity index (χ4n) is 4.37. The number of likely N-dealkylation sites (tertiary alicyclic amines) is 1. The summed E-state index contributed by atoms with van der Waals surface area (Å²) in [6.07, 6.45) is -0.0955. The summed E-state index contributed by atoms with van der Waals surface area (Å²) in [5.74, 6) is -1.98. The van der Waals surface area contributed by atoms with E-state index in [1.807, 2.05) is 11.9 Å². The van der Waals surface area contributed by atoms with Crippen LogP contribution in [0.15, 0.2) is 18.2 Å². The number of carbonyl (C=O) groups excluding carboxylic acids is 3. The number of carbonyl (C=O) groups is 3. The minimum absolute atomic E-state index is 0.0188. The van der Waals surface area contributed by atoms with E-state index in [1.54, 1.807) is 11.8 Å². The summed E-state index contributed by atoms with van der Waals surface area (Å²) in [6, 6.07) is 3.62. The average Bonchev–Trinajstić information content (AvgIpc) is 3.25. The second-order valence-corrected chi connectivity index (χ2v) is 8.93. The van der Waals surface area contributed by atoms with Crippen LogP contribution in [0.5, 0.6) is 11.5 Å². The molecule has 176 valence electrons. The number of ketones is 1. The maximum Gasteiger partial charge on any atom is 0.245 e. The number of likely N-dealkylation sites (N-methyl/N-ethyl adjacent to an activating group) is 1. The van der Waals surface area contributed by atoms with E-state index in [2.05, 4.69) is 4.90 Å². The predicted octanol–water partition coefficient (Wildman–Crippen LogP) is 0.362. The summed E-state index contributed by atoms with van der Waals surface area (Å²) in [4.78, 5) is 44.1. The van der Waals surface area contributed by atoms with Crippen LogP contribution >= 0.6 is 0 Å². The van der Waals surface area contributed by atoms with Crippen molar-refractivity contribution >= 4 is 17.6 Å². The molecule has 0 saturated carbocycles. The zero-order valence-corrected chi connectivity index (χ0v) is 18.7. The first-order chi connectivity index (χ1) is 15.2. The zero-order valence-electron chi connectivity index (χ0n) is 18.7. The zero-order chi connectivity index (χ0) is 23.4. The van der Waals surface area contributed by atoms with E-state index >= 15 is 0 Å². The first-order valence-corrected chi connectivity index (χ1v) is 11.2. The highest BCUT2D eigenvalue weighted by molar-refractivity contribution is 5.92. The van der Waals surface area contributed by atoms with Crippen molar-refractivity contribution < 1.29 is 29.7 Å². The van der Waals surface area contributed by atoms with Gasteiger partial charge in [-0.2, -0.15) is 0 Å². The Balaban J connectivity index is 1.55. The lowest BCUT2D eigenvalue weighted by Crippen LogP contribution is -2.54. The van der Waals surface area contributed by atoms with Crippen molar-refractivity contribution in [1.82, 2.24) is 14.7 Å². The molecule has 9 nitrogen and oxygen atoms in total. The molecular formula is C23H33N3O6. The van der Waals surface area contributed by atoms with Crippen molar-refractivity contribution in [3.8, 4) is 11.5 Å². The number of aliphatic hydroxyl groups excluding tert-OH is 1. The number of phenolic OH excluding ortho intramolecular Hbond substituents is 2. The van der Waals surface area contributed by atoms with E-state index in [4.69, 9.17) is 0 Å². The van der Waals surface area contributed by atoms with Crippen molar-refractivity contribution in [3.05, 3.63) is 23.8 Å². The molecule has 2 heterocycles. The topological polar surface area (TPSA) is 122 Å². The maximum atomic E-state index is 13.0. The van der Waals surface area contributed by atoms with Gasteiger partial charge in [0.15, 0.2) is 17.3 Å². The number of hydrogen-bond acceptors (Lipinski definition) is 7. The van der Waals surface area contributed by atoms with Crippen LogP contribution in [0.1, 0.15) is 31.7 Å². The first-order valence-electron chi connectivity index (χ1n) is 11.2. The van der Waals surface area contributed by atoms with Gasteiger partial charge in [-0.15, -0.1) is 0 Å². The van der Waals surface area contributed by atoms with Gasteiger partial charge in [0, 0.05) is 51.5 Å². The van der Waals surface area contributed by atoms with E-state index in [1.165, 1.54) is 18.2 Å². The smallest absolute Gasteiger partial charge is 0.245 e. The van der Waals surface area contributed by atoms with E-state index in [9.17, 15) is 29.7 Å². The van der Waals surface area contributed by atoms with Crippen LogP contribution in [-0.4, -0.2) is 99.5 Å². The van der Waals surface area contributed by atoms with E-state index in [0.717, 1.165) is 19.5 Å². The summed E-state index contributed by atoms with van der Waals surface area (Å²) >= 11 is 0. The number of rotatable bonds is 7. The fraction of sp³-hybridized carbons (Fsp3) is 0.609. The second-order valence-electron chi connectivity index (χ2n) is 8.93. The SMILES string of the molecule is C[C@H](CC(=O)[C@H](O)Cc1ccc(O)c(O)c1)C(=O)N1CCC[C@H]1C(=O)N1CCN(C)CC1. The molecule has 0 radical (unpaired) electrons. The Hall–Kier alpha value is -2.65. The number of benzene rings is 1. The van der Waals surface area contributed by atoms with Crippen molar-refractivity contribution in [3.63, 3.8) is 0 Å². The quantitative estimate of drug-likeness (QED) is 0.516. The van der Waals surface area contributed by atoms with Gasteiger partial charge < -0.3 is 30.0 Å². The van der Waals surface area contributed by atoms with E-state index < -0.39 is 23.8 Å². The summed E-state index contributed by atoms with van der Waals surface area (Å²) in [5.41, 5.74) is 0.498. The number of amides is 2. The molecule has 3 N–H and O–H groups in total. The Morgan fingerprint density at radius 1 is 1.06 bits per heavy atom. The first kappa shape index (κ1) is 24.0. The Bertz CT molecular complexity index is 852. The third kappa shape index (κ3) is 5.58. The lowest BCUT2D eigenvalue weighted by atomic mass is 9.96.